The van der Waals surface area contributed by atoms with Crippen LogP contribution in [0.5, 0.6) is 0 Å². The molecule has 1 saturated heterocycles. The van der Waals surface area contributed by atoms with Crippen molar-refractivity contribution in [1.29, 1.82) is 0 Å². The zero-order valence-electron chi connectivity index (χ0n) is 10.6. The summed E-state index contributed by atoms with van der Waals surface area (Å²) in [4.78, 5) is 10.2. The van der Waals surface area contributed by atoms with Crippen molar-refractivity contribution in [2.24, 2.45) is 0 Å². The topological polar surface area (TPSA) is 89.3 Å². The van der Waals surface area contributed by atoms with Crippen LogP contribution in [0.15, 0.2) is 18.2 Å². The van der Waals surface area contributed by atoms with Crippen LogP contribution in [-0.4, -0.2) is 30.9 Å². The summed E-state index contributed by atoms with van der Waals surface area (Å²) in [5, 5.41) is 13.3. The Hall–Kier alpha value is -1.63. The quantitative estimate of drug-likeness (QED) is 0.673. The Bertz CT molecular complexity index is 598. The van der Waals surface area contributed by atoms with Crippen LogP contribution in [0.4, 0.5) is 11.4 Å². The molecule has 0 radical (unpaired) electrons. The summed E-state index contributed by atoms with van der Waals surface area (Å²) in [5.74, 6) is 0.243. The summed E-state index contributed by atoms with van der Waals surface area (Å²) >= 11 is 0. The first-order valence-corrected chi connectivity index (χ1v) is 7.82. The van der Waals surface area contributed by atoms with Crippen molar-refractivity contribution in [2.75, 3.05) is 17.6 Å². The number of benzene rings is 1. The van der Waals surface area contributed by atoms with E-state index in [1.54, 1.807) is 6.07 Å². The molecule has 2 rings (SSSR count). The normalized spacial score (nSPS) is 21.2. The van der Waals surface area contributed by atoms with Gasteiger partial charge < -0.3 is 5.32 Å². The monoisotopic (exact) mass is 284 g/mol. The van der Waals surface area contributed by atoms with E-state index in [0.717, 1.165) is 5.56 Å². The fourth-order valence-corrected chi connectivity index (χ4v) is 3.99. The van der Waals surface area contributed by atoms with Gasteiger partial charge in [0.05, 0.1) is 15.9 Å². The van der Waals surface area contributed by atoms with Crippen LogP contribution < -0.4 is 5.32 Å². The molecule has 1 N–H and O–H groups in total. The molecule has 0 saturated carbocycles. The van der Waals surface area contributed by atoms with Gasteiger partial charge in [0, 0.05) is 24.4 Å². The molecule has 1 atom stereocenters. The number of anilines is 1. The smallest absolute Gasteiger partial charge is 0.271 e. The molecule has 1 fully saturated rings. The van der Waals surface area contributed by atoms with Crippen LogP contribution >= 0.6 is 0 Å². The minimum Gasteiger partial charge on any atom is -0.383 e. The third kappa shape index (κ3) is 3.04. The molecule has 1 aliphatic rings. The van der Waals surface area contributed by atoms with Gasteiger partial charge in [0.1, 0.15) is 0 Å². The number of nitrogens with one attached hydrogen (secondary N) is 1. The maximum absolute atomic E-state index is 11.7. The zero-order valence-corrected chi connectivity index (χ0v) is 11.4. The largest absolute Gasteiger partial charge is 0.383 e. The lowest BCUT2D eigenvalue weighted by atomic mass is 10.1. The number of aryl methyl sites for hydroxylation is 1. The van der Waals surface area contributed by atoms with Gasteiger partial charge in [0.2, 0.25) is 0 Å². The van der Waals surface area contributed by atoms with E-state index in [2.05, 4.69) is 5.32 Å². The molecular formula is C12H16N2O4S. The molecule has 19 heavy (non-hydrogen) atoms. The van der Waals surface area contributed by atoms with E-state index in [1.165, 1.54) is 12.1 Å². The highest BCUT2D eigenvalue weighted by molar-refractivity contribution is 7.92. The molecule has 0 spiro atoms. The molecule has 0 aromatic heterocycles. The lowest BCUT2D eigenvalue weighted by molar-refractivity contribution is -0.384. The fraction of sp³-hybridized carbons (Fsp3) is 0.500. The second kappa shape index (κ2) is 5.16. The van der Waals surface area contributed by atoms with Gasteiger partial charge in [-0.2, -0.15) is 0 Å². The molecule has 6 nitrogen and oxygen atoms in total. The number of non-ortho nitro benzene ring substituents is 1. The van der Waals surface area contributed by atoms with Gasteiger partial charge in [-0.1, -0.05) is 6.07 Å². The SMILES string of the molecule is Cc1ccc([N+](=O)[O-])cc1NCC1CCCS1(=O)=O. The lowest BCUT2D eigenvalue weighted by Gasteiger charge is -2.13. The number of sulfone groups is 1. The summed E-state index contributed by atoms with van der Waals surface area (Å²) in [6, 6.07) is 4.54. The fourth-order valence-electron chi connectivity index (χ4n) is 2.23. The number of hydrogen-bond acceptors (Lipinski definition) is 5. The van der Waals surface area contributed by atoms with Gasteiger partial charge in [0.25, 0.3) is 5.69 Å². The molecule has 1 aliphatic heterocycles. The maximum Gasteiger partial charge on any atom is 0.271 e. The van der Waals surface area contributed by atoms with E-state index in [4.69, 9.17) is 0 Å². The molecule has 0 bridgehead atoms. The minimum absolute atomic E-state index is 0.00220. The average molecular weight is 284 g/mol. The van der Waals surface area contributed by atoms with E-state index in [0.29, 0.717) is 25.1 Å². The van der Waals surface area contributed by atoms with Crippen LogP contribution in [0.25, 0.3) is 0 Å². The van der Waals surface area contributed by atoms with Crippen LogP contribution in [-0.2, 0) is 9.84 Å². The summed E-state index contributed by atoms with van der Waals surface area (Å²) < 4.78 is 23.4. The van der Waals surface area contributed by atoms with Crippen LogP contribution in [0.2, 0.25) is 0 Å². The van der Waals surface area contributed by atoms with E-state index in [-0.39, 0.29) is 16.7 Å². The molecule has 104 valence electrons. The highest BCUT2D eigenvalue weighted by Crippen LogP contribution is 2.24. The lowest BCUT2D eigenvalue weighted by Crippen LogP contribution is -2.25. The third-order valence-corrected chi connectivity index (χ3v) is 5.69. The molecule has 1 heterocycles. The first kappa shape index (κ1) is 13.8. The first-order valence-electron chi connectivity index (χ1n) is 6.10. The molecular weight excluding hydrogens is 268 g/mol. The van der Waals surface area contributed by atoms with Crippen molar-refractivity contribution in [3.63, 3.8) is 0 Å². The molecule has 1 aromatic rings. The van der Waals surface area contributed by atoms with E-state index in [9.17, 15) is 18.5 Å². The van der Waals surface area contributed by atoms with Crippen molar-refractivity contribution in [2.45, 2.75) is 25.0 Å². The van der Waals surface area contributed by atoms with Crippen molar-refractivity contribution >= 4 is 21.2 Å². The van der Waals surface area contributed by atoms with Crippen molar-refractivity contribution in [1.82, 2.24) is 0 Å². The average Bonchev–Trinajstić information content (AvgIpc) is 2.67. The second-order valence-electron chi connectivity index (χ2n) is 4.77. The molecule has 0 aliphatic carbocycles. The maximum atomic E-state index is 11.7. The van der Waals surface area contributed by atoms with Crippen molar-refractivity contribution < 1.29 is 13.3 Å². The van der Waals surface area contributed by atoms with Crippen LogP contribution in [0, 0.1) is 17.0 Å². The molecule has 0 amide bonds. The second-order valence-corrected chi connectivity index (χ2v) is 7.17. The minimum atomic E-state index is -2.99. The Morgan fingerprint density at radius 2 is 2.21 bits per heavy atom. The standard InChI is InChI=1S/C12H16N2O4S/c1-9-4-5-10(14(15)16)7-12(9)13-8-11-3-2-6-19(11,17)18/h4-5,7,11,13H,2-3,6,8H2,1H3. The van der Waals surface area contributed by atoms with E-state index < -0.39 is 14.8 Å². The van der Waals surface area contributed by atoms with Gasteiger partial charge in [0.15, 0.2) is 9.84 Å². The predicted molar refractivity (Wildman–Crippen MR) is 73.1 cm³/mol. The van der Waals surface area contributed by atoms with Gasteiger partial charge >= 0.3 is 0 Å². The summed E-state index contributed by atoms with van der Waals surface area (Å²) in [7, 11) is -2.99. The molecule has 7 heteroatoms. The number of nitrogens with zero attached hydrogens (tertiary/aromatic N) is 1. The van der Waals surface area contributed by atoms with E-state index in [1.807, 2.05) is 6.92 Å². The zero-order chi connectivity index (χ0) is 14.0. The Morgan fingerprint density at radius 1 is 1.47 bits per heavy atom. The number of nitro groups is 1. The Kier molecular flexibility index (Phi) is 3.75. The van der Waals surface area contributed by atoms with Gasteiger partial charge in [-0.15, -0.1) is 0 Å². The first-order chi connectivity index (χ1) is 8.90. The molecule has 1 aromatic carbocycles. The summed E-state index contributed by atoms with van der Waals surface area (Å²) in [6.07, 6.45) is 1.35. The third-order valence-electron chi connectivity index (χ3n) is 3.41. The van der Waals surface area contributed by atoms with Gasteiger partial charge in [-0.3, -0.25) is 10.1 Å². The van der Waals surface area contributed by atoms with Crippen LogP contribution in [0.3, 0.4) is 0 Å². The highest BCUT2D eigenvalue weighted by atomic mass is 32.2. The number of rotatable bonds is 4. The van der Waals surface area contributed by atoms with Crippen molar-refractivity contribution in [3.05, 3.63) is 33.9 Å². The van der Waals surface area contributed by atoms with E-state index >= 15 is 0 Å². The Morgan fingerprint density at radius 3 is 2.79 bits per heavy atom. The Balaban J connectivity index is 2.11. The predicted octanol–water partition coefficient (Wildman–Crippen LogP) is 1.89. The number of hydrogen-bond donors (Lipinski definition) is 1. The summed E-state index contributed by atoms with van der Waals surface area (Å²) in [6.45, 7) is 2.14. The summed E-state index contributed by atoms with van der Waals surface area (Å²) in [5.41, 5.74) is 1.49. The van der Waals surface area contributed by atoms with Gasteiger partial charge in [-0.25, -0.2) is 8.42 Å². The highest BCUT2D eigenvalue weighted by Gasteiger charge is 2.30. The Labute approximate surface area is 111 Å². The van der Waals surface area contributed by atoms with Crippen LogP contribution in [0.1, 0.15) is 18.4 Å². The molecule has 1 unspecified atom stereocenters. The van der Waals surface area contributed by atoms with Crippen molar-refractivity contribution in [3.8, 4) is 0 Å². The van der Waals surface area contributed by atoms with Gasteiger partial charge in [-0.05, 0) is 25.3 Å². The number of nitro benzene ring substituents is 1.